The van der Waals surface area contributed by atoms with Gasteiger partial charge in [0.05, 0.1) is 11.9 Å². The summed E-state index contributed by atoms with van der Waals surface area (Å²) < 4.78 is 29.3. The van der Waals surface area contributed by atoms with Gasteiger partial charge in [-0.05, 0) is 42.4 Å². The van der Waals surface area contributed by atoms with Crippen LogP contribution in [0.3, 0.4) is 0 Å². The van der Waals surface area contributed by atoms with Crippen LogP contribution in [0.2, 0.25) is 0 Å². The number of aromatic nitrogens is 2. The van der Waals surface area contributed by atoms with E-state index in [4.69, 9.17) is 0 Å². The zero-order chi connectivity index (χ0) is 23.9. The van der Waals surface area contributed by atoms with Gasteiger partial charge in [-0.3, -0.25) is 4.99 Å². The van der Waals surface area contributed by atoms with Crippen LogP contribution < -0.4 is 10.2 Å². The molecule has 0 aliphatic carbocycles. The molecule has 5 rings (SSSR count). The minimum atomic E-state index is -0.495. The van der Waals surface area contributed by atoms with Crippen molar-refractivity contribution in [2.75, 3.05) is 50.0 Å². The summed E-state index contributed by atoms with van der Waals surface area (Å²) in [4.78, 5) is 17.3. The lowest BCUT2D eigenvalue weighted by molar-refractivity contribution is 0.311. The Hall–Kier alpha value is -3.39. The number of hydrogen-bond acceptors (Lipinski definition) is 6. The van der Waals surface area contributed by atoms with E-state index in [0.717, 1.165) is 37.3 Å². The highest BCUT2D eigenvalue weighted by Gasteiger charge is 2.26. The number of piperazine rings is 1. The van der Waals surface area contributed by atoms with Crippen molar-refractivity contribution in [2.45, 2.75) is 19.3 Å². The zero-order valence-corrected chi connectivity index (χ0v) is 19.6. The molecule has 34 heavy (non-hydrogen) atoms. The van der Waals surface area contributed by atoms with Crippen LogP contribution >= 0.6 is 0 Å². The monoisotopic (exact) mass is 462 g/mol. The van der Waals surface area contributed by atoms with Crippen LogP contribution in [0.1, 0.15) is 25.0 Å². The van der Waals surface area contributed by atoms with Crippen molar-refractivity contribution < 1.29 is 8.78 Å². The molecule has 0 atom stereocenters. The van der Waals surface area contributed by atoms with E-state index in [9.17, 15) is 8.78 Å². The molecule has 1 saturated heterocycles. The lowest BCUT2D eigenvalue weighted by atomic mass is 9.79. The first kappa shape index (κ1) is 22.4. The van der Waals surface area contributed by atoms with Crippen LogP contribution in [0.15, 0.2) is 47.6 Å². The normalized spacial score (nSPS) is 17.5. The fourth-order valence-electron chi connectivity index (χ4n) is 4.50. The summed E-state index contributed by atoms with van der Waals surface area (Å²) in [6.07, 6.45) is 3.03. The van der Waals surface area contributed by atoms with Crippen LogP contribution in [-0.4, -0.2) is 60.9 Å². The quantitative estimate of drug-likeness (QED) is 0.613. The van der Waals surface area contributed by atoms with Gasteiger partial charge in [0.25, 0.3) is 0 Å². The third-order valence-electron chi connectivity index (χ3n) is 6.56. The molecule has 8 heteroatoms. The second-order valence-corrected chi connectivity index (χ2v) is 9.63. The number of anilines is 3. The Kier molecular flexibility index (Phi) is 5.77. The van der Waals surface area contributed by atoms with Crippen molar-refractivity contribution in [3.8, 4) is 11.3 Å². The molecule has 0 saturated carbocycles. The molecule has 2 aliphatic heterocycles. The number of hydrogen-bond donors (Lipinski definition) is 1. The number of likely N-dealkylation sites (N-methyl/N-ethyl adjacent to an activating group) is 1. The first-order valence-electron chi connectivity index (χ1n) is 11.5. The average Bonchev–Trinajstić information content (AvgIpc) is 2.82. The van der Waals surface area contributed by atoms with Gasteiger partial charge in [0.2, 0.25) is 5.95 Å². The van der Waals surface area contributed by atoms with Crippen molar-refractivity contribution in [3.05, 3.63) is 65.4 Å². The largest absolute Gasteiger partial charge is 0.367 e. The number of rotatable bonds is 4. The maximum atomic E-state index is 14.8. The summed E-state index contributed by atoms with van der Waals surface area (Å²) in [5.74, 6) is -0.507. The smallest absolute Gasteiger partial charge is 0.227 e. The van der Waals surface area contributed by atoms with E-state index in [0.29, 0.717) is 23.5 Å². The Labute approximate surface area is 198 Å². The first-order valence-corrected chi connectivity index (χ1v) is 11.5. The van der Waals surface area contributed by atoms with Crippen LogP contribution in [0, 0.1) is 11.6 Å². The summed E-state index contributed by atoms with van der Waals surface area (Å²) in [5, 5.41) is 3.12. The number of aliphatic imine (C=N–C) groups is 1. The van der Waals surface area contributed by atoms with Crippen LogP contribution in [-0.2, 0) is 5.41 Å². The molecule has 1 aromatic heterocycles. The van der Waals surface area contributed by atoms with Crippen LogP contribution in [0.25, 0.3) is 11.3 Å². The second-order valence-electron chi connectivity index (χ2n) is 9.63. The van der Waals surface area contributed by atoms with Gasteiger partial charge < -0.3 is 15.1 Å². The van der Waals surface area contributed by atoms with E-state index in [2.05, 4.69) is 46.1 Å². The molecule has 3 heterocycles. The summed E-state index contributed by atoms with van der Waals surface area (Å²) >= 11 is 0. The van der Waals surface area contributed by atoms with E-state index in [-0.39, 0.29) is 22.9 Å². The van der Waals surface area contributed by atoms with Crippen molar-refractivity contribution in [1.82, 2.24) is 14.9 Å². The molecule has 2 aliphatic rings. The molecule has 2 aromatic carbocycles. The van der Waals surface area contributed by atoms with Gasteiger partial charge in [-0.1, -0.05) is 26.0 Å². The van der Waals surface area contributed by atoms with E-state index < -0.39 is 5.82 Å². The predicted molar refractivity (Wildman–Crippen MR) is 132 cm³/mol. The van der Waals surface area contributed by atoms with Gasteiger partial charge in [0.15, 0.2) is 5.82 Å². The molecule has 0 unspecified atom stereocenters. The van der Waals surface area contributed by atoms with Crippen LogP contribution in [0.5, 0.6) is 0 Å². The van der Waals surface area contributed by atoms with Gasteiger partial charge in [-0.25, -0.2) is 18.7 Å². The predicted octanol–water partition coefficient (Wildman–Crippen LogP) is 4.63. The minimum Gasteiger partial charge on any atom is -0.367 e. The zero-order valence-electron chi connectivity index (χ0n) is 19.6. The Bertz CT molecular complexity index is 1250. The highest BCUT2D eigenvalue weighted by atomic mass is 19.1. The van der Waals surface area contributed by atoms with Gasteiger partial charge in [0, 0.05) is 55.6 Å². The fraction of sp³-hybridized carbons (Fsp3) is 0.346. The third-order valence-corrected chi connectivity index (χ3v) is 6.56. The average molecular weight is 463 g/mol. The SMILES string of the molecule is CN1CCN(c2cc(Nc3ncc(F)c(-c4ccc5c(c4)C(C)(C)CN=C5)n3)ccc2F)CC1. The van der Waals surface area contributed by atoms with Gasteiger partial charge in [0.1, 0.15) is 11.5 Å². The fourth-order valence-corrected chi connectivity index (χ4v) is 4.50. The number of nitrogens with one attached hydrogen (secondary N) is 1. The molecule has 1 N–H and O–H groups in total. The molecule has 3 aromatic rings. The molecular formula is C26H28F2N6. The number of fused-ring (bicyclic) bond motifs is 1. The third kappa shape index (κ3) is 4.37. The molecule has 0 spiro atoms. The maximum absolute atomic E-state index is 14.8. The molecule has 0 amide bonds. The van der Waals surface area contributed by atoms with Crippen molar-refractivity contribution in [1.29, 1.82) is 0 Å². The summed E-state index contributed by atoms with van der Waals surface area (Å²) in [7, 11) is 2.06. The van der Waals surface area contributed by atoms with E-state index >= 15 is 0 Å². The molecule has 1 fully saturated rings. The highest BCUT2D eigenvalue weighted by Crippen LogP contribution is 2.33. The van der Waals surface area contributed by atoms with E-state index in [1.165, 1.54) is 12.3 Å². The molecular weight excluding hydrogens is 434 g/mol. The maximum Gasteiger partial charge on any atom is 0.227 e. The number of benzene rings is 2. The first-order chi connectivity index (χ1) is 16.3. The minimum absolute atomic E-state index is 0.140. The van der Waals surface area contributed by atoms with E-state index in [1.54, 1.807) is 12.1 Å². The molecule has 6 nitrogen and oxygen atoms in total. The van der Waals surface area contributed by atoms with Crippen LogP contribution in [0.4, 0.5) is 26.1 Å². The lowest BCUT2D eigenvalue weighted by Gasteiger charge is -2.34. The van der Waals surface area contributed by atoms with Crippen molar-refractivity contribution in [3.63, 3.8) is 0 Å². The summed E-state index contributed by atoms with van der Waals surface area (Å²) in [6, 6.07) is 10.6. The molecule has 176 valence electrons. The van der Waals surface area contributed by atoms with Gasteiger partial charge >= 0.3 is 0 Å². The Morgan fingerprint density at radius 1 is 0.971 bits per heavy atom. The van der Waals surface area contributed by atoms with Crippen molar-refractivity contribution in [2.24, 2.45) is 4.99 Å². The number of nitrogens with zero attached hydrogens (tertiary/aromatic N) is 5. The Balaban J connectivity index is 1.43. The summed E-state index contributed by atoms with van der Waals surface area (Å²) in [6.45, 7) is 8.21. The van der Waals surface area contributed by atoms with Gasteiger partial charge in [-0.15, -0.1) is 0 Å². The Morgan fingerprint density at radius 3 is 2.56 bits per heavy atom. The molecule has 0 bridgehead atoms. The molecule has 0 radical (unpaired) electrons. The summed E-state index contributed by atoms with van der Waals surface area (Å²) in [5.41, 5.74) is 4.11. The highest BCUT2D eigenvalue weighted by molar-refractivity contribution is 5.85. The van der Waals surface area contributed by atoms with Crippen molar-refractivity contribution >= 4 is 23.5 Å². The second kappa shape index (κ2) is 8.76. The van der Waals surface area contributed by atoms with Gasteiger partial charge in [-0.2, -0.15) is 0 Å². The standard InChI is InChI=1S/C26H28F2N6/c1-26(2)16-29-14-18-5-4-17(12-20(18)26)24-22(28)15-30-25(32-24)31-19-6-7-21(27)23(13-19)34-10-8-33(3)9-11-34/h4-7,12-15H,8-11,16H2,1-3H3,(H,30,31,32). The topological polar surface area (TPSA) is 56.6 Å². The number of halogens is 2. The lowest BCUT2D eigenvalue weighted by Crippen LogP contribution is -2.44. The van der Waals surface area contributed by atoms with E-state index in [1.807, 2.05) is 29.3 Å². The Morgan fingerprint density at radius 2 is 1.76 bits per heavy atom.